The van der Waals surface area contributed by atoms with E-state index in [1.54, 1.807) is 0 Å². The van der Waals surface area contributed by atoms with E-state index in [1.165, 1.54) is 10.4 Å². The van der Waals surface area contributed by atoms with Crippen molar-refractivity contribution in [3.63, 3.8) is 0 Å². The van der Waals surface area contributed by atoms with Crippen molar-refractivity contribution in [2.45, 2.75) is 57.0 Å². The van der Waals surface area contributed by atoms with Crippen molar-refractivity contribution >= 4 is 18.7 Å². The molecule has 0 radical (unpaired) electrons. The molecule has 0 bridgehead atoms. The maximum Gasteiger partial charge on any atom is 0.261 e. The van der Waals surface area contributed by atoms with Gasteiger partial charge < -0.3 is 9.16 Å². The normalized spacial score (nSPS) is 27.5. The summed E-state index contributed by atoms with van der Waals surface area (Å²) in [5, 5.41) is 12.1. The van der Waals surface area contributed by atoms with Crippen LogP contribution in [0.15, 0.2) is 85.5 Å². The molecule has 0 amide bonds. The molecule has 4 heteroatoms. The molecule has 0 saturated carbocycles. The van der Waals surface area contributed by atoms with Crippen LogP contribution >= 0.6 is 0 Å². The van der Waals surface area contributed by atoms with Gasteiger partial charge in [-0.3, -0.25) is 0 Å². The fraction of sp³-hybridized carbons (Fsp3) is 0.393. The van der Waals surface area contributed by atoms with Crippen LogP contribution in [0.3, 0.4) is 0 Å². The molecule has 0 aromatic heterocycles. The van der Waals surface area contributed by atoms with Crippen molar-refractivity contribution in [1.29, 1.82) is 5.26 Å². The number of fused-ring (bicyclic) bond motifs is 1. The van der Waals surface area contributed by atoms with Crippen LogP contribution in [0.2, 0.25) is 5.04 Å². The van der Waals surface area contributed by atoms with E-state index in [9.17, 15) is 5.26 Å². The highest BCUT2D eigenvalue weighted by atomic mass is 28.4. The Morgan fingerprint density at radius 1 is 1.06 bits per heavy atom. The molecule has 2 aliphatic rings. The first-order valence-corrected chi connectivity index (χ1v) is 13.4. The Bertz CT molecular complexity index is 950. The molecule has 32 heavy (non-hydrogen) atoms. The summed E-state index contributed by atoms with van der Waals surface area (Å²) in [6.07, 6.45) is 7.51. The van der Waals surface area contributed by atoms with Gasteiger partial charge in [0.05, 0.1) is 18.3 Å². The lowest BCUT2D eigenvalue weighted by Gasteiger charge is -2.46. The number of nitriles is 1. The molecule has 1 saturated heterocycles. The van der Waals surface area contributed by atoms with Crippen LogP contribution in [0, 0.1) is 23.2 Å². The summed E-state index contributed by atoms with van der Waals surface area (Å²) in [6.45, 7) is 10.8. The molecular formula is C28H33NO2Si. The van der Waals surface area contributed by atoms with Gasteiger partial charge in [-0.05, 0) is 34.2 Å². The van der Waals surface area contributed by atoms with Gasteiger partial charge in [0, 0.05) is 5.92 Å². The maximum absolute atomic E-state index is 9.59. The SMILES string of the molecule is C=CC[C@H]1O[C@H](C#N)[C@@H]2C=C[C@H](O[Si](c3ccccc3)(c3ccccc3)C(C)(C)C)C[C@@H]21. The molecule has 5 atom stereocenters. The van der Waals surface area contributed by atoms with Gasteiger partial charge in [0.1, 0.15) is 0 Å². The Hall–Kier alpha value is -2.45. The molecule has 0 spiro atoms. The second-order valence-electron chi connectivity index (χ2n) is 9.93. The number of ether oxygens (including phenoxy) is 1. The summed E-state index contributed by atoms with van der Waals surface area (Å²) >= 11 is 0. The van der Waals surface area contributed by atoms with Crippen molar-refractivity contribution < 1.29 is 9.16 Å². The number of hydrogen-bond donors (Lipinski definition) is 0. The summed E-state index contributed by atoms with van der Waals surface area (Å²) in [5.41, 5.74) is 0. The lowest BCUT2D eigenvalue weighted by Crippen LogP contribution is -2.67. The minimum atomic E-state index is -2.62. The third-order valence-corrected chi connectivity index (χ3v) is 12.0. The summed E-state index contributed by atoms with van der Waals surface area (Å²) in [7, 11) is -2.62. The van der Waals surface area contributed by atoms with Gasteiger partial charge in [0.25, 0.3) is 8.32 Å². The van der Waals surface area contributed by atoms with Gasteiger partial charge in [-0.25, -0.2) is 0 Å². The number of benzene rings is 2. The van der Waals surface area contributed by atoms with Gasteiger partial charge in [-0.1, -0.05) is 99.7 Å². The van der Waals surface area contributed by atoms with E-state index in [1.807, 2.05) is 6.08 Å². The predicted molar refractivity (Wildman–Crippen MR) is 132 cm³/mol. The lowest BCUT2D eigenvalue weighted by molar-refractivity contribution is 0.0550. The lowest BCUT2D eigenvalue weighted by atomic mass is 9.78. The van der Waals surface area contributed by atoms with Gasteiger partial charge in [-0.15, -0.1) is 6.58 Å². The molecule has 1 fully saturated rings. The van der Waals surface area contributed by atoms with E-state index in [0.29, 0.717) is 0 Å². The number of nitrogens with zero attached hydrogens (tertiary/aromatic N) is 1. The van der Waals surface area contributed by atoms with Gasteiger partial charge in [0.15, 0.2) is 6.10 Å². The topological polar surface area (TPSA) is 42.2 Å². The monoisotopic (exact) mass is 443 g/mol. The second-order valence-corrected chi connectivity index (χ2v) is 14.2. The van der Waals surface area contributed by atoms with E-state index in [0.717, 1.165) is 12.8 Å². The van der Waals surface area contributed by atoms with Crippen molar-refractivity contribution in [2.24, 2.45) is 11.8 Å². The zero-order valence-corrected chi connectivity index (χ0v) is 20.3. The van der Waals surface area contributed by atoms with Crippen LogP contribution in [-0.4, -0.2) is 26.6 Å². The number of hydrogen-bond acceptors (Lipinski definition) is 3. The summed E-state index contributed by atoms with van der Waals surface area (Å²) in [5.74, 6) is 0.398. The zero-order chi connectivity index (χ0) is 22.8. The average Bonchev–Trinajstić information content (AvgIpc) is 3.15. The highest BCUT2D eigenvalue weighted by Crippen LogP contribution is 2.44. The Morgan fingerprint density at radius 2 is 1.66 bits per heavy atom. The molecule has 0 N–H and O–H groups in total. The largest absolute Gasteiger partial charge is 0.401 e. The van der Waals surface area contributed by atoms with Crippen LogP contribution in [0.5, 0.6) is 0 Å². The van der Waals surface area contributed by atoms with E-state index >= 15 is 0 Å². The van der Waals surface area contributed by atoms with Crippen LogP contribution in [0.1, 0.15) is 33.6 Å². The highest BCUT2D eigenvalue weighted by molar-refractivity contribution is 6.99. The quantitative estimate of drug-likeness (QED) is 0.466. The maximum atomic E-state index is 9.59. The molecule has 1 heterocycles. The van der Waals surface area contributed by atoms with Crippen LogP contribution in [-0.2, 0) is 9.16 Å². The fourth-order valence-electron chi connectivity index (χ4n) is 5.52. The Kier molecular flexibility index (Phi) is 6.53. The molecule has 4 rings (SSSR count). The van der Waals surface area contributed by atoms with Crippen molar-refractivity contribution in [2.75, 3.05) is 0 Å². The third-order valence-electron chi connectivity index (χ3n) is 6.97. The van der Waals surface area contributed by atoms with E-state index in [-0.39, 0.29) is 35.2 Å². The third kappa shape index (κ3) is 4.01. The molecule has 2 aromatic rings. The van der Waals surface area contributed by atoms with Crippen molar-refractivity contribution in [3.05, 3.63) is 85.5 Å². The fourth-order valence-corrected chi connectivity index (χ4v) is 10.2. The van der Waals surface area contributed by atoms with Crippen LogP contribution in [0.4, 0.5) is 0 Å². The van der Waals surface area contributed by atoms with Gasteiger partial charge in [0.2, 0.25) is 0 Å². The first-order chi connectivity index (χ1) is 15.4. The molecule has 2 aromatic carbocycles. The molecule has 1 aliphatic carbocycles. The van der Waals surface area contributed by atoms with E-state index < -0.39 is 8.32 Å². The van der Waals surface area contributed by atoms with Crippen molar-refractivity contribution in [3.8, 4) is 6.07 Å². The molecule has 166 valence electrons. The number of rotatable bonds is 6. The Morgan fingerprint density at radius 3 is 2.16 bits per heavy atom. The minimum Gasteiger partial charge on any atom is -0.401 e. The zero-order valence-electron chi connectivity index (χ0n) is 19.3. The van der Waals surface area contributed by atoms with Gasteiger partial charge in [-0.2, -0.15) is 5.26 Å². The average molecular weight is 444 g/mol. The first-order valence-electron chi connectivity index (χ1n) is 11.5. The Labute approximate surface area is 193 Å². The first kappa shape index (κ1) is 22.7. The van der Waals surface area contributed by atoms with Crippen LogP contribution in [0.25, 0.3) is 0 Å². The Balaban J connectivity index is 1.75. The summed E-state index contributed by atoms with van der Waals surface area (Å²) < 4.78 is 13.4. The second kappa shape index (κ2) is 9.19. The van der Waals surface area contributed by atoms with Gasteiger partial charge >= 0.3 is 0 Å². The summed E-state index contributed by atoms with van der Waals surface area (Å²) in [6, 6.07) is 23.9. The standard InChI is InChI=1S/C28H33NO2Si/c1-5-12-26-25-19-21(17-18-24(25)27(20-29)30-26)31-32(28(2,3)4,22-13-8-6-9-14-22)23-15-10-7-11-16-23/h5-11,13-18,21,24-27H,1,12,19H2,2-4H3/t21-,24+,25-,26+,27+/m0/s1. The molecule has 0 unspecified atom stereocenters. The molecular weight excluding hydrogens is 410 g/mol. The summed E-state index contributed by atoms with van der Waals surface area (Å²) in [4.78, 5) is 0. The highest BCUT2D eigenvalue weighted by Gasteiger charge is 2.53. The van der Waals surface area contributed by atoms with Crippen LogP contribution < -0.4 is 10.4 Å². The van der Waals surface area contributed by atoms with E-state index in [2.05, 4.69) is 106 Å². The predicted octanol–water partition coefficient (Wildman–Crippen LogP) is 4.99. The smallest absolute Gasteiger partial charge is 0.261 e. The molecule has 1 aliphatic heterocycles. The van der Waals surface area contributed by atoms with E-state index in [4.69, 9.17) is 9.16 Å². The van der Waals surface area contributed by atoms with Crippen molar-refractivity contribution in [1.82, 2.24) is 0 Å². The minimum absolute atomic E-state index is 0.0177. The molecule has 3 nitrogen and oxygen atoms in total.